The summed E-state index contributed by atoms with van der Waals surface area (Å²) in [6, 6.07) is 7.56. The Hall–Kier alpha value is -0.930. The predicted octanol–water partition coefficient (Wildman–Crippen LogP) is 3.93. The Bertz CT molecular complexity index is 478. The molecule has 1 atom stereocenters. The van der Waals surface area contributed by atoms with Gasteiger partial charge in [-0.2, -0.15) is 0 Å². The molecule has 0 aliphatic heterocycles. The van der Waals surface area contributed by atoms with E-state index in [4.69, 9.17) is 0 Å². The lowest BCUT2D eigenvalue weighted by Crippen LogP contribution is -2.23. The van der Waals surface area contributed by atoms with Crippen LogP contribution in [0.5, 0.6) is 0 Å². The van der Waals surface area contributed by atoms with Crippen LogP contribution in [-0.2, 0) is 6.54 Å². The van der Waals surface area contributed by atoms with Gasteiger partial charge in [0.2, 0.25) is 0 Å². The molecular formula is C13H16FNS. The quantitative estimate of drug-likeness (QED) is 0.849. The summed E-state index contributed by atoms with van der Waals surface area (Å²) in [5.74, 6) is -0.160. The van der Waals surface area contributed by atoms with E-state index in [0.29, 0.717) is 6.04 Å². The fraction of sp³-hybridized carbons (Fsp3) is 0.385. The number of benzene rings is 1. The third kappa shape index (κ3) is 2.60. The molecule has 1 aromatic carbocycles. The SMILES string of the molecule is CCC(C)NCc1cc2cc(F)ccc2s1. The van der Waals surface area contributed by atoms with E-state index in [-0.39, 0.29) is 5.82 Å². The van der Waals surface area contributed by atoms with Crippen molar-refractivity contribution in [3.63, 3.8) is 0 Å². The molecule has 1 unspecified atom stereocenters. The van der Waals surface area contributed by atoms with Crippen molar-refractivity contribution < 1.29 is 4.39 Å². The minimum absolute atomic E-state index is 0.160. The van der Waals surface area contributed by atoms with Gasteiger partial charge in [0.15, 0.2) is 0 Å². The maximum Gasteiger partial charge on any atom is 0.123 e. The van der Waals surface area contributed by atoms with E-state index in [0.717, 1.165) is 23.1 Å². The van der Waals surface area contributed by atoms with Crippen molar-refractivity contribution in [2.24, 2.45) is 0 Å². The second-order valence-corrected chi connectivity index (χ2v) is 5.25. The van der Waals surface area contributed by atoms with Gasteiger partial charge in [0, 0.05) is 22.2 Å². The lowest BCUT2D eigenvalue weighted by atomic mass is 10.2. The molecule has 16 heavy (non-hydrogen) atoms. The first-order valence-corrected chi connectivity index (χ1v) is 6.42. The van der Waals surface area contributed by atoms with Crippen molar-refractivity contribution in [1.82, 2.24) is 5.32 Å². The molecule has 0 saturated heterocycles. The largest absolute Gasteiger partial charge is 0.309 e. The average Bonchev–Trinajstić information content (AvgIpc) is 2.67. The van der Waals surface area contributed by atoms with Crippen LogP contribution in [0.1, 0.15) is 25.1 Å². The molecule has 86 valence electrons. The van der Waals surface area contributed by atoms with Gasteiger partial charge >= 0.3 is 0 Å². The summed E-state index contributed by atoms with van der Waals surface area (Å²) in [6.45, 7) is 5.21. The molecule has 3 heteroatoms. The molecule has 0 bridgehead atoms. The average molecular weight is 237 g/mol. The van der Waals surface area contributed by atoms with Crippen LogP contribution < -0.4 is 5.32 Å². The van der Waals surface area contributed by atoms with Gasteiger partial charge in [0.05, 0.1) is 0 Å². The first-order valence-electron chi connectivity index (χ1n) is 5.60. The Labute approximate surface area is 99.3 Å². The van der Waals surface area contributed by atoms with Gasteiger partial charge in [0.1, 0.15) is 5.82 Å². The monoisotopic (exact) mass is 237 g/mol. The van der Waals surface area contributed by atoms with E-state index in [1.807, 2.05) is 6.07 Å². The van der Waals surface area contributed by atoms with Crippen LogP contribution in [0.3, 0.4) is 0 Å². The smallest absolute Gasteiger partial charge is 0.123 e. The molecule has 2 aromatic rings. The number of thiophene rings is 1. The second kappa shape index (κ2) is 4.93. The highest BCUT2D eigenvalue weighted by molar-refractivity contribution is 7.19. The highest BCUT2D eigenvalue weighted by atomic mass is 32.1. The minimum atomic E-state index is -0.160. The van der Waals surface area contributed by atoms with Crippen LogP contribution in [0.25, 0.3) is 10.1 Å². The molecule has 1 nitrogen and oxygen atoms in total. The van der Waals surface area contributed by atoms with Gasteiger partial charge in [-0.3, -0.25) is 0 Å². The number of hydrogen-bond donors (Lipinski definition) is 1. The Morgan fingerprint density at radius 3 is 2.94 bits per heavy atom. The van der Waals surface area contributed by atoms with Gasteiger partial charge in [-0.15, -0.1) is 11.3 Å². The summed E-state index contributed by atoms with van der Waals surface area (Å²) in [5, 5.41) is 4.45. The van der Waals surface area contributed by atoms with Gasteiger partial charge in [-0.05, 0) is 43.0 Å². The van der Waals surface area contributed by atoms with E-state index < -0.39 is 0 Å². The summed E-state index contributed by atoms with van der Waals surface area (Å²) in [5.41, 5.74) is 0. The highest BCUT2D eigenvalue weighted by Gasteiger charge is 2.04. The lowest BCUT2D eigenvalue weighted by Gasteiger charge is -2.09. The molecule has 1 aromatic heterocycles. The maximum atomic E-state index is 13.0. The van der Waals surface area contributed by atoms with Crippen molar-refractivity contribution >= 4 is 21.4 Å². The molecule has 0 spiro atoms. The molecule has 1 N–H and O–H groups in total. The Morgan fingerprint density at radius 2 is 2.19 bits per heavy atom. The molecule has 0 aliphatic rings. The van der Waals surface area contributed by atoms with Crippen LogP contribution in [0.2, 0.25) is 0 Å². The molecule has 0 radical (unpaired) electrons. The lowest BCUT2D eigenvalue weighted by molar-refractivity contribution is 0.537. The first-order chi connectivity index (χ1) is 7.69. The molecule has 2 rings (SSSR count). The van der Waals surface area contributed by atoms with E-state index >= 15 is 0 Å². The molecule has 0 aliphatic carbocycles. The van der Waals surface area contributed by atoms with Gasteiger partial charge in [-0.1, -0.05) is 6.92 Å². The van der Waals surface area contributed by atoms with E-state index in [1.165, 1.54) is 10.9 Å². The molecule has 1 heterocycles. The predicted molar refractivity (Wildman–Crippen MR) is 68.4 cm³/mol. The van der Waals surface area contributed by atoms with Crippen molar-refractivity contribution in [1.29, 1.82) is 0 Å². The topological polar surface area (TPSA) is 12.0 Å². The Morgan fingerprint density at radius 1 is 1.38 bits per heavy atom. The third-order valence-electron chi connectivity index (χ3n) is 2.77. The third-order valence-corrected chi connectivity index (χ3v) is 3.88. The summed E-state index contributed by atoms with van der Waals surface area (Å²) in [7, 11) is 0. The fourth-order valence-electron chi connectivity index (χ4n) is 1.58. The molecule has 0 saturated carbocycles. The first kappa shape index (κ1) is 11.6. The maximum absolute atomic E-state index is 13.0. The zero-order chi connectivity index (χ0) is 11.5. The Kier molecular flexibility index (Phi) is 3.56. The van der Waals surface area contributed by atoms with Crippen LogP contribution in [0.4, 0.5) is 4.39 Å². The Balaban J connectivity index is 2.13. The van der Waals surface area contributed by atoms with E-state index in [2.05, 4.69) is 25.2 Å². The van der Waals surface area contributed by atoms with Crippen LogP contribution in [0, 0.1) is 5.82 Å². The van der Waals surface area contributed by atoms with Gasteiger partial charge < -0.3 is 5.32 Å². The minimum Gasteiger partial charge on any atom is -0.309 e. The summed E-state index contributed by atoms with van der Waals surface area (Å²) in [6.07, 6.45) is 1.12. The second-order valence-electron chi connectivity index (χ2n) is 4.09. The fourth-order valence-corrected chi connectivity index (χ4v) is 2.57. The molecular weight excluding hydrogens is 221 g/mol. The summed E-state index contributed by atoms with van der Waals surface area (Å²) in [4.78, 5) is 1.26. The highest BCUT2D eigenvalue weighted by Crippen LogP contribution is 2.26. The zero-order valence-electron chi connectivity index (χ0n) is 9.59. The number of halogens is 1. The van der Waals surface area contributed by atoms with Crippen molar-refractivity contribution in [2.45, 2.75) is 32.9 Å². The van der Waals surface area contributed by atoms with Gasteiger partial charge in [0.25, 0.3) is 0 Å². The number of rotatable bonds is 4. The van der Waals surface area contributed by atoms with Crippen molar-refractivity contribution in [2.75, 3.05) is 0 Å². The summed E-state index contributed by atoms with van der Waals surface area (Å²) >= 11 is 1.73. The number of hydrogen-bond acceptors (Lipinski definition) is 2. The van der Waals surface area contributed by atoms with E-state index in [1.54, 1.807) is 17.4 Å². The zero-order valence-corrected chi connectivity index (χ0v) is 10.4. The van der Waals surface area contributed by atoms with Crippen molar-refractivity contribution in [3.8, 4) is 0 Å². The molecule has 0 fully saturated rings. The number of fused-ring (bicyclic) bond motifs is 1. The van der Waals surface area contributed by atoms with Crippen LogP contribution in [0.15, 0.2) is 24.3 Å². The molecule has 0 amide bonds. The van der Waals surface area contributed by atoms with E-state index in [9.17, 15) is 4.39 Å². The van der Waals surface area contributed by atoms with Crippen LogP contribution in [-0.4, -0.2) is 6.04 Å². The number of nitrogens with one attached hydrogen (secondary N) is 1. The van der Waals surface area contributed by atoms with Crippen LogP contribution >= 0.6 is 11.3 Å². The summed E-state index contributed by atoms with van der Waals surface area (Å²) < 4.78 is 14.2. The standard InChI is InChI=1S/C13H16FNS/c1-3-9(2)15-8-12-7-10-6-11(14)4-5-13(10)16-12/h4-7,9,15H,3,8H2,1-2H3. The van der Waals surface area contributed by atoms with Crippen molar-refractivity contribution in [3.05, 3.63) is 35.0 Å². The van der Waals surface area contributed by atoms with Gasteiger partial charge in [-0.25, -0.2) is 4.39 Å². The normalized spacial score (nSPS) is 13.2.